The Kier molecular flexibility index (Phi) is 3.38. The number of hydrogen-bond acceptors (Lipinski definition) is 3. The number of carbonyl (C=O) groups excluding carboxylic acids is 2. The number of carbonyl (C=O) groups is 3. The lowest BCUT2D eigenvalue weighted by Crippen LogP contribution is -2.31. The van der Waals surface area contributed by atoms with E-state index in [9.17, 15) is 14.4 Å². The average Bonchev–Trinajstić information content (AvgIpc) is 2.59. The zero-order valence-electron chi connectivity index (χ0n) is 10.8. The summed E-state index contributed by atoms with van der Waals surface area (Å²) in [6.45, 7) is 4.40. The number of hydrogen-bond donors (Lipinski definition) is 1. The Morgan fingerprint density at radius 1 is 1.21 bits per heavy atom. The Morgan fingerprint density at radius 2 is 1.84 bits per heavy atom. The lowest BCUT2D eigenvalue weighted by atomic mass is 10.1. The molecule has 0 unspecified atom stereocenters. The van der Waals surface area contributed by atoms with E-state index >= 15 is 0 Å². The Balaban J connectivity index is 2.31. The van der Waals surface area contributed by atoms with Crippen LogP contribution in [-0.4, -0.2) is 34.3 Å². The van der Waals surface area contributed by atoms with Gasteiger partial charge in [0.2, 0.25) is 0 Å². The number of fused-ring (bicyclic) bond motifs is 1. The highest BCUT2D eigenvalue weighted by Crippen LogP contribution is 2.24. The minimum absolute atomic E-state index is 0.0191. The van der Waals surface area contributed by atoms with Gasteiger partial charge >= 0.3 is 5.97 Å². The molecule has 0 fully saturated rings. The van der Waals surface area contributed by atoms with Crippen LogP contribution in [0.2, 0.25) is 0 Å². The number of nitrogens with zero attached hydrogens (tertiary/aromatic N) is 1. The monoisotopic (exact) mass is 261 g/mol. The highest BCUT2D eigenvalue weighted by Gasteiger charge is 2.35. The van der Waals surface area contributed by atoms with E-state index in [1.54, 1.807) is 0 Å². The lowest BCUT2D eigenvalue weighted by Gasteiger charge is -2.14. The number of amides is 2. The highest BCUT2D eigenvalue weighted by molar-refractivity contribution is 6.21. The number of aromatic carboxylic acids is 1. The van der Waals surface area contributed by atoms with Gasteiger partial charge in [-0.3, -0.25) is 14.5 Å². The minimum Gasteiger partial charge on any atom is -0.478 e. The number of carboxylic acid groups (broad SMARTS) is 1. The molecule has 1 aliphatic rings. The molecule has 0 aromatic heterocycles. The predicted molar refractivity (Wildman–Crippen MR) is 68.2 cm³/mol. The summed E-state index contributed by atoms with van der Waals surface area (Å²) in [6, 6.07) is 4.03. The van der Waals surface area contributed by atoms with E-state index in [0.29, 0.717) is 18.0 Å². The molecule has 0 spiro atoms. The summed E-state index contributed by atoms with van der Waals surface area (Å²) in [4.78, 5) is 36.2. The van der Waals surface area contributed by atoms with Gasteiger partial charge in [0.15, 0.2) is 0 Å². The molecule has 2 rings (SSSR count). The van der Waals surface area contributed by atoms with E-state index in [1.165, 1.54) is 23.1 Å². The SMILES string of the molecule is CC(C)CCN1C(=O)c2ccc(C(=O)O)cc2C1=O. The average molecular weight is 261 g/mol. The number of imide groups is 1. The van der Waals surface area contributed by atoms with Crippen molar-refractivity contribution in [2.75, 3.05) is 6.54 Å². The molecule has 19 heavy (non-hydrogen) atoms. The zero-order chi connectivity index (χ0) is 14.2. The van der Waals surface area contributed by atoms with Gasteiger partial charge in [0.05, 0.1) is 16.7 Å². The standard InChI is InChI=1S/C14H15NO4/c1-8(2)5-6-15-12(16)10-4-3-9(14(18)19)7-11(10)13(15)17/h3-4,7-8H,5-6H2,1-2H3,(H,18,19). The summed E-state index contributed by atoms with van der Waals surface area (Å²) in [7, 11) is 0. The van der Waals surface area contributed by atoms with Gasteiger partial charge in [0.1, 0.15) is 0 Å². The molecule has 5 nitrogen and oxygen atoms in total. The first kappa shape index (κ1) is 13.3. The smallest absolute Gasteiger partial charge is 0.335 e. The van der Waals surface area contributed by atoms with Crippen molar-refractivity contribution < 1.29 is 19.5 Å². The molecule has 1 aromatic carbocycles. The van der Waals surface area contributed by atoms with E-state index in [1.807, 2.05) is 13.8 Å². The second kappa shape index (κ2) is 4.84. The van der Waals surface area contributed by atoms with Crippen LogP contribution in [0.15, 0.2) is 18.2 Å². The van der Waals surface area contributed by atoms with Crippen molar-refractivity contribution in [3.8, 4) is 0 Å². The van der Waals surface area contributed by atoms with Crippen molar-refractivity contribution >= 4 is 17.8 Å². The third-order valence-electron chi connectivity index (χ3n) is 3.15. The number of rotatable bonds is 4. The van der Waals surface area contributed by atoms with Crippen LogP contribution in [0.25, 0.3) is 0 Å². The summed E-state index contributed by atoms with van der Waals surface area (Å²) in [5.74, 6) is -1.45. The van der Waals surface area contributed by atoms with Crippen LogP contribution in [0.4, 0.5) is 0 Å². The van der Waals surface area contributed by atoms with Crippen LogP contribution >= 0.6 is 0 Å². The molecule has 0 saturated heterocycles. The second-order valence-corrected chi connectivity index (χ2v) is 5.01. The van der Waals surface area contributed by atoms with Crippen molar-refractivity contribution in [1.82, 2.24) is 4.90 Å². The van der Waals surface area contributed by atoms with Crippen LogP contribution in [0.5, 0.6) is 0 Å². The molecule has 0 radical (unpaired) electrons. The summed E-state index contributed by atoms with van der Waals surface area (Å²) in [6.07, 6.45) is 0.733. The van der Waals surface area contributed by atoms with Gasteiger partial charge in [0.25, 0.3) is 11.8 Å². The van der Waals surface area contributed by atoms with Crippen LogP contribution in [0.1, 0.15) is 51.3 Å². The molecule has 1 heterocycles. The molecular formula is C14H15NO4. The van der Waals surface area contributed by atoms with Crippen molar-refractivity contribution in [3.05, 3.63) is 34.9 Å². The quantitative estimate of drug-likeness (QED) is 0.841. The maximum absolute atomic E-state index is 12.1. The largest absolute Gasteiger partial charge is 0.478 e. The number of carboxylic acids is 1. The molecular weight excluding hydrogens is 246 g/mol. The summed E-state index contributed by atoms with van der Waals surface area (Å²) >= 11 is 0. The van der Waals surface area contributed by atoms with Crippen LogP contribution < -0.4 is 0 Å². The van der Waals surface area contributed by atoms with Crippen LogP contribution in [0.3, 0.4) is 0 Å². The maximum Gasteiger partial charge on any atom is 0.335 e. The first-order valence-corrected chi connectivity index (χ1v) is 6.15. The van der Waals surface area contributed by atoms with E-state index in [4.69, 9.17) is 5.11 Å². The van der Waals surface area contributed by atoms with Crippen molar-refractivity contribution in [2.24, 2.45) is 5.92 Å². The maximum atomic E-state index is 12.1. The Labute approximate surface area is 110 Å². The Morgan fingerprint density at radius 3 is 2.42 bits per heavy atom. The molecule has 100 valence electrons. The van der Waals surface area contributed by atoms with Gasteiger partial charge in [-0.2, -0.15) is 0 Å². The van der Waals surface area contributed by atoms with Gasteiger partial charge in [-0.15, -0.1) is 0 Å². The molecule has 0 bridgehead atoms. The Bertz CT molecular complexity index is 563. The first-order valence-electron chi connectivity index (χ1n) is 6.15. The van der Waals surface area contributed by atoms with E-state index < -0.39 is 11.9 Å². The van der Waals surface area contributed by atoms with E-state index in [0.717, 1.165) is 6.42 Å². The second-order valence-electron chi connectivity index (χ2n) is 5.01. The van der Waals surface area contributed by atoms with Crippen LogP contribution in [0, 0.1) is 5.92 Å². The third kappa shape index (κ3) is 2.36. The fourth-order valence-corrected chi connectivity index (χ4v) is 2.01. The molecule has 0 atom stereocenters. The van der Waals surface area contributed by atoms with Crippen molar-refractivity contribution in [2.45, 2.75) is 20.3 Å². The van der Waals surface area contributed by atoms with Gasteiger partial charge in [-0.1, -0.05) is 13.8 Å². The van der Waals surface area contributed by atoms with E-state index in [2.05, 4.69) is 0 Å². The molecule has 5 heteroatoms. The molecule has 2 amide bonds. The van der Waals surface area contributed by atoms with Crippen LogP contribution in [-0.2, 0) is 0 Å². The molecule has 1 aromatic rings. The molecule has 0 saturated carbocycles. The van der Waals surface area contributed by atoms with Gasteiger partial charge in [-0.25, -0.2) is 4.79 Å². The lowest BCUT2D eigenvalue weighted by molar-refractivity contribution is 0.0646. The predicted octanol–water partition coefficient (Wildman–Crippen LogP) is 2.03. The topological polar surface area (TPSA) is 74.7 Å². The fourth-order valence-electron chi connectivity index (χ4n) is 2.01. The zero-order valence-corrected chi connectivity index (χ0v) is 10.8. The fraction of sp³-hybridized carbons (Fsp3) is 0.357. The van der Waals surface area contributed by atoms with Gasteiger partial charge in [-0.05, 0) is 30.5 Å². The minimum atomic E-state index is -1.11. The molecule has 1 aliphatic heterocycles. The van der Waals surface area contributed by atoms with Crippen molar-refractivity contribution in [3.63, 3.8) is 0 Å². The first-order chi connectivity index (χ1) is 8.91. The molecule has 0 aliphatic carbocycles. The van der Waals surface area contributed by atoms with E-state index in [-0.39, 0.29) is 17.0 Å². The van der Waals surface area contributed by atoms with Gasteiger partial charge in [0, 0.05) is 6.54 Å². The number of benzene rings is 1. The third-order valence-corrected chi connectivity index (χ3v) is 3.15. The summed E-state index contributed by atoms with van der Waals surface area (Å²) in [5.41, 5.74) is 0.498. The molecule has 1 N–H and O–H groups in total. The Hall–Kier alpha value is -2.17. The highest BCUT2D eigenvalue weighted by atomic mass is 16.4. The normalized spacial score (nSPS) is 14.2. The van der Waals surface area contributed by atoms with Gasteiger partial charge < -0.3 is 5.11 Å². The van der Waals surface area contributed by atoms with Crippen molar-refractivity contribution in [1.29, 1.82) is 0 Å². The summed E-state index contributed by atoms with van der Waals surface area (Å²) < 4.78 is 0. The summed E-state index contributed by atoms with van der Waals surface area (Å²) in [5, 5.41) is 8.90.